The van der Waals surface area contributed by atoms with Crippen LogP contribution in [0.25, 0.3) is 10.4 Å². The highest BCUT2D eigenvalue weighted by molar-refractivity contribution is 7.15. The molecule has 0 atom stereocenters. The number of thiazole rings is 1. The van der Waals surface area contributed by atoms with Gasteiger partial charge in [-0.25, -0.2) is 22.9 Å². The molecular formula is C23H20F3N3O3S. The number of amides is 2. The van der Waals surface area contributed by atoms with Gasteiger partial charge in [0.05, 0.1) is 21.5 Å². The van der Waals surface area contributed by atoms with Gasteiger partial charge >= 0.3 is 12.0 Å². The van der Waals surface area contributed by atoms with Crippen molar-refractivity contribution in [2.45, 2.75) is 31.6 Å². The number of rotatable bonds is 5. The first-order valence-corrected chi connectivity index (χ1v) is 11.1. The molecule has 2 amide bonds. The van der Waals surface area contributed by atoms with Gasteiger partial charge < -0.3 is 15.7 Å². The van der Waals surface area contributed by atoms with Crippen molar-refractivity contribution in [1.29, 1.82) is 0 Å². The molecule has 1 aliphatic rings. The first-order chi connectivity index (χ1) is 15.8. The number of nitrogens with zero attached hydrogens (tertiary/aromatic N) is 1. The molecule has 4 rings (SSSR count). The lowest BCUT2D eigenvalue weighted by molar-refractivity contribution is -0.142. The molecule has 0 unspecified atom stereocenters. The third-order valence-corrected chi connectivity index (χ3v) is 6.84. The number of benzene rings is 2. The number of aliphatic carboxylic acids is 1. The van der Waals surface area contributed by atoms with E-state index in [0.717, 1.165) is 28.3 Å². The lowest BCUT2D eigenvalue weighted by Gasteiger charge is -2.24. The van der Waals surface area contributed by atoms with Crippen molar-refractivity contribution in [1.82, 2.24) is 4.98 Å². The van der Waals surface area contributed by atoms with Crippen LogP contribution in [0.1, 0.15) is 36.6 Å². The number of urea groups is 1. The number of aromatic nitrogens is 1. The minimum atomic E-state index is -1.34. The Labute approximate surface area is 191 Å². The van der Waals surface area contributed by atoms with Gasteiger partial charge in [-0.15, -0.1) is 11.3 Å². The van der Waals surface area contributed by atoms with Gasteiger partial charge in [0.1, 0.15) is 5.82 Å². The van der Waals surface area contributed by atoms with Crippen molar-refractivity contribution in [3.63, 3.8) is 0 Å². The Morgan fingerprint density at radius 2 is 1.61 bits per heavy atom. The Morgan fingerprint density at radius 3 is 2.27 bits per heavy atom. The van der Waals surface area contributed by atoms with Crippen LogP contribution < -0.4 is 10.6 Å². The molecule has 0 radical (unpaired) electrons. The molecule has 1 saturated carbocycles. The van der Waals surface area contributed by atoms with Gasteiger partial charge in [-0.05, 0) is 43.4 Å². The molecule has 1 aliphatic carbocycles. The number of carboxylic acids is 1. The van der Waals surface area contributed by atoms with Gasteiger partial charge in [0.15, 0.2) is 11.6 Å². The first kappa shape index (κ1) is 22.8. The molecule has 1 fully saturated rings. The molecular weight excluding hydrogens is 455 g/mol. The van der Waals surface area contributed by atoms with Crippen LogP contribution >= 0.6 is 11.3 Å². The zero-order chi connectivity index (χ0) is 23.5. The van der Waals surface area contributed by atoms with E-state index in [0.29, 0.717) is 30.7 Å². The number of carboxylic acid groups (broad SMARTS) is 1. The van der Waals surface area contributed by atoms with Crippen molar-refractivity contribution >= 4 is 34.7 Å². The second-order valence-electron chi connectivity index (χ2n) is 7.85. The van der Waals surface area contributed by atoms with Gasteiger partial charge in [-0.3, -0.25) is 4.79 Å². The van der Waals surface area contributed by atoms with Crippen molar-refractivity contribution in [3.05, 3.63) is 65.1 Å². The molecule has 172 valence electrons. The van der Waals surface area contributed by atoms with E-state index in [1.807, 2.05) is 0 Å². The van der Waals surface area contributed by atoms with Crippen LogP contribution in [-0.4, -0.2) is 22.1 Å². The first-order valence-electron chi connectivity index (χ1n) is 10.3. The summed E-state index contributed by atoms with van der Waals surface area (Å²) in [5.41, 5.74) is 0.851. The molecule has 10 heteroatoms. The Morgan fingerprint density at radius 1 is 0.939 bits per heavy atom. The summed E-state index contributed by atoms with van der Waals surface area (Å²) in [6.07, 6.45) is 4.71. The second-order valence-corrected chi connectivity index (χ2v) is 8.91. The predicted octanol–water partition coefficient (Wildman–Crippen LogP) is 6.23. The lowest BCUT2D eigenvalue weighted by Crippen LogP contribution is -2.20. The minimum Gasteiger partial charge on any atom is -0.481 e. The largest absolute Gasteiger partial charge is 0.481 e. The zero-order valence-electron chi connectivity index (χ0n) is 17.3. The molecule has 1 heterocycles. The molecule has 3 N–H and O–H groups in total. The highest BCUT2D eigenvalue weighted by Gasteiger charge is 2.28. The number of hydrogen-bond acceptors (Lipinski definition) is 4. The van der Waals surface area contributed by atoms with Gasteiger partial charge in [-0.1, -0.05) is 12.1 Å². The van der Waals surface area contributed by atoms with Crippen molar-refractivity contribution < 1.29 is 27.9 Å². The summed E-state index contributed by atoms with van der Waals surface area (Å²) in [6.45, 7) is 0. The SMILES string of the molecule is O=C(Nc1ccc(-c2cnc(C3CCC(C(=O)O)CC3)s2)cc1)Nc1cc(F)c(F)cc1F. The Kier molecular flexibility index (Phi) is 6.64. The molecule has 3 aromatic rings. The summed E-state index contributed by atoms with van der Waals surface area (Å²) < 4.78 is 40.0. The van der Waals surface area contributed by atoms with Crippen LogP contribution in [0.15, 0.2) is 42.6 Å². The molecule has 0 saturated heterocycles. The number of hydrogen-bond donors (Lipinski definition) is 3. The quantitative estimate of drug-likeness (QED) is 0.382. The maximum absolute atomic E-state index is 13.7. The Balaban J connectivity index is 1.36. The minimum absolute atomic E-state index is 0.265. The monoisotopic (exact) mass is 475 g/mol. The van der Waals surface area contributed by atoms with E-state index in [1.165, 1.54) is 0 Å². The molecule has 0 spiro atoms. The Bertz CT molecular complexity index is 1180. The number of anilines is 2. The van der Waals surface area contributed by atoms with E-state index in [2.05, 4.69) is 15.6 Å². The fourth-order valence-corrected chi connectivity index (χ4v) is 4.91. The van der Waals surface area contributed by atoms with E-state index < -0.39 is 35.1 Å². The Hall–Kier alpha value is -3.40. The molecule has 1 aromatic heterocycles. The van der Waals surface area contributed by atoms with Crippen LogP contribution in [0.2, 0.25) is 0 Å². The van der Waals surface area contributed by atoms with E-state index in [-0.39, 0.29) is 11.8 Å². The van der Waals surface area contributed by atoms with E-state index in [1.54, 1.807) is 41.8 Å². The van der Waals surface area contributed by atoms with E-state index in [9.17, 15) is 22.8 Å². The summed E-state index contributed by atoms with van der Waals surface area (Å²) in [6, 6.07) is 7.05. The summed E-state index contributed by atoms with van der Waals surface area (Å²) in [5.74, 6) is -4.43. The number of carbonyl (C=O) groups excluding carboxylic acids is 1. The van der Waals surface area contributed by atoms with Gasteiger partial charge in [0, 0.05) is 29.9 Å². The number of nitrogens with one attached hydrogen (secondary N) is 2. The highest BCUT2D eigenvalue weighted by Crippen LogP contribution is 2.39. The maximum atomic E-state index is 13.7. The molecule has 6 nitrogen and oxygen atoms in total. The van der Waals surface area contributed by atoms with Crippen LogP contribution in [0.4, 0.5) is 29.3 Å². The third-order valence-electron chi connectivity index (χ3n) is 5.63. The lowest BCUT2D eigenvalue weighted by atomic mass is 9.82. The summed E-state index contributed by atoms with van der Waals surface area (Å²) in [5, 5.41) is 14.8. The predicted molar refractivity (Wildman–Crippen MR) is 119 cm³/mol. The van der Waals surface area contributed by atoms with Gasteiger partial charge in [0.25, 0.3) is 0 Å². The zero-order valence-corrected chi connectivity index (χ0v) is 18.1. The molecule has 33 heavy (non-hydrogen) atoms. The van der Waals surface area contributed by atoms with E-state index >= 15 is 0 Å². The van der Waals surface area contributed by atoms with Crippen molar-refractivity contribution in [3.8, 4) is 10.4 Å². The normalized spacial score (nSPS) is 18.0. The summed E-state index contributed by atoms with van der Waals surface area (Å²) >= 11 is 1.56. The highest BCUT2D eigenvalue weighted by atomic mass is 32.1. The molecule has 0 aliphatic heterocycles. The van der Waals surface area contributed by atoms with Crippen molar-refractivity contribution in [2.75, 3.05) is 10.6 Å². The molecule has 0 bridgehead atoms. The average Bonchev–Trinajstić information content (AvgIpc) is 3.28. The van der Waals surface area contributed by atoms with Gasteiger partial charge in [-0.2, -0.15) is 0 Å². The van der Waals surface area contributed by atoms with Crippen LogP contribution in [0.3, 0.4) is 0 Å². The molecule has 2 aromatic carbocycles. The second kappa shape index (κ2) is 9.62. The van der Waals surface area contributed by atoms with Gasteiger partial charge in [0.2, 0.25) is 0 Å². The average molecular weight is 475 g/mol. The van der Waals surface area contributed by atoms with Crippen LogP contribution in [0, 0.1) is 23.4 Å². The fourth-order valence-electron chi connectivity index (χ4n) is 3.82. The van der Waals surface area contributed by atoms with Crippen LogP contribution in [0.5, 0.6) is 0 Å². The van der Waals surface area contributed by atoms with Crippen molar-refractivity contribution in [2.24, 2.45) is 5.92 Å². The third kappa shape index (κ3) is 5.33. The summed E-state index contributed by atoms with van der Waals surface area (Å²) in [7, 11) is 0. The fraction of sp³-hybridized carbons (Fsp3) is 0.261. The summed E-state index contributed by atoms with van der Waals surface area (Å²) in [4.78, 5) is 28.7. The topological polar surface area (TPSA) is 91.3 Å². The number of carbonyl (C=O) groups is 2. The van der Waals surface area contributed by atoms with E-state index in [4.69, 9.17) is 5.11 Å². The smallest absolute Gasteiger partial charge is 0.323 e. The maximum Gasteiger partial charge on any atom is 0.323 e. The number of halogens is 3. The van der Waals surface area contributed by atoms with Crippen LogP contribution in [-0.2, 0) is 4.79 Å². The standard InChI is InChI=1S/C23H20F3N3O3S/c24-16-9-18(26)19(10-17(16)25)29-23(32)28-15-7-5-12(6-8-15)20-11-27-21(33-20)13-1-3-14(4-2-13)22(30)31/h5-11,13-14H,1-4H2,(H,30,31)(H2,28,29,32).